The van der Waals surface area contributed by atoms with E-state index < -0.39 is 0 Å². The number of hydrogen-bond donors (Lipinski definition) is 2. The Balaban J connectivity index is 2.41. The van der Waals surface area contributed by atoms with E-state index >= 15 is 0 Å². The van der Waals surface area contributed by atoms with Gasteiger partial charge in [0, 0.05) is 24.4 Å². The first-order valence-electron chi connectivity index (χ1n) is 6.74. The molecule has 5 heteroatoms. The Hall–Kier alpha value is -1.72. The maximum absolute atomic E-state index is 13.1. The second kappa shape index (κ2) is 5.73. The van der Waals surface area contributed by atoms with Crippen LogP contribution in [-0.2, 0) is 12.0 Å². The van der Waals surface area contributed by atoms with Crippen LogP contribution < -0.4 is 11.3 Å². The zero-order valence-corrected chi connectivity index (χ0v) is 12.1. The van der Waals surface area contributed by atoms with E-state index in [9.17, 15) is 4.39 Å². The van der Waals surface area contributed by atoms with Gasteiger partial charge in [0.25, 0.3) is 0 Å². The first kappa shape index (κ1) is 14.7. The monoisotopic (exact) mass is 276 g/mol. The molecule has 0 bridgehead atoms. The highest BCUT2D eigenvalue weighted by Crippen LogP contribution is 2.35. The van der Waals surface area contributed by atoms with Crippen molar-refractivity contribution in [2.45, 2.75) is 38.8 Å². The van der Waals surface area contributed by atoms with E-state index in [0.29, 0.717) is 0 Å². The maximum Gasteiger partial charge on any atom is 0.128 e. The normalized spacial score (nSPS) is 13.4. The smallest absolute Gasteiger partial charge is 0.128 e. The number of rotatable bonds is 5. The highest BCUT2D eigenvalue weighted by molar-refractivity contribution is 5.28. The third-order valence-corrected chi connectivity index (χ3v) is 3.82. The average Bonchev–Trinajstić information content (AvgIpc) is 2.88. The molecule has 0 radical (unpaired) electrons. The standard InChI is InChI=1S/C15H21FN4/c1-4-20-10-9-18-14(20)13(19-17)15(2,3)11-5-7-12(16)8-6-11/h5-10,13,19H,4,17H2,1-3H3. The van der Waals surface area contributed by atoms with Crippen molar-refractivity contribution in [2.24, 2.45) is 5.84 Å². The second-order valence-electron chi connectivity index (χ2n) is 5.40. The minimum atomic E-state index is -0.319. The van der Waals surface area contributed by atoms with Crippen LogP contribution in [0, 0.1) is 5.82 Å². The molecule has 1 unspecified atom stereocenters. The fourth-order valence-electron chi connectivity index (χ4n) is 2.50. The summed E-state index contributed by atoms with van der Waals surface area (Å²) in [6.45, 7) is 7.02. The van der Waals surface area contributed by atoms with Crippen LogP contribution in [0.3, 0.4) is 0 Å². The molecule has 108 valence electrons. The van der Waals surface area contributed by atoms with Crippen LogP contribution in [0.4, 0.5) is 4.39 Å². The Morgan fingerprint density at radius 2 is 2.00 bits per heavy atom. The number of hydrogen-bond acceptors (Lipinski definition) is 3. The topological polar surface area (TPSA) is 55.9 Å². The van der Waals surface area contributed by atoms with Crippen molar-refractivity contribution in [3.8, 4) is 0 Å². The predicted octanol–water partition coefficient (Wildman–Crippen LogP) is 2.52. The lowest BCUT2D eigenvalue weighted by molar-refractivity contribution is 0.329. The Morgan fingerprint density at radius 1 is 1.35 bits per heavy atom. The van der Waals surface area contributed by atoms with Gasteiger partial charge in [-0.15, -0.1) is 0 Å². The van der Waals surface area contributed by atoms with Gasteiger partial charge in [-0.3, -0.25) is 5.84 Å². The van der Waals surface area contributed by atoms with Gasteiger partial charge in [-0.1, -0.05) is 26.0 Å². The van der Waals surface area contributed by atoms with Crippen LogP contribution in [0.15, 0.2) is 36.7 Å². The zero-order chi connectivity index (χ0) is 14.8. The molecule has 0 fully saturated rings. The van der Waals surface area contributed by atoms with Crippen molar-refractivity contribution in [2.75, 3.05) is 0 Å². The SMILES string of the molecule is CCn1ccnc1C(NN)C(C)(C)c1ccc(F)cc1. The van der Waals surface area contributed by atoms with Crippen LogP contribution in [0.25, 0.3) is 0 Å². The van der Waals surface area contributed by atoms with Crippen LogP contribution in [-0.4, -0.2) is 9.55 Å². The van der Waals surface area contributed by atoms with Crippen LogP contribution >= 0.6 is 0 Å². The number of nitrogens with one attached hydrogen (secondary N) is 1. The summed E-state index contributed by atoms with van der Waals surface area (Å²) in [7, 11) is 0. The summed E-state index contributed by atoms with van der Waals surface area (Å²) in [6, 6.07) is 6.36. The first-order chi connectivity index (χ1) is 9.50. The molecule has 1 aromatic heterocycles. The molecule has 3 N–H and O–H groups in total. The van der Waals surface area contributed by atoms with Gasteiger partial charge in [-0.25, -0.2) is 14.8 Å². The summed E-state index contributed by atoms with van der Waals surface area (Å²) in [4.78, 5) is 4.41. The molecular formula is C15H21FN4. The summed E-state index contributed by atoms with van der Waals surface area (Å²) in [6.07, 6.45) is 3.70. The van der Waals surface area contributed by atoms with E-state index in [1.807, 2.05) is 6.20 Å². The van der Waals surface area contributed by atoms with E-state index in [1.165, 1.54) is 12.1 Å². The quantitative estimate of drug-likeness (QED) is 0.652. The summed E-state index contributed by atoms with van der Waals surface area (Å²) < 4.78 is 15.1. The lowest BCUT2D eigenvalue weighted by atomic mass is 9.77. The van der Waals surface area contributed by atoms with Gasteiger partial charge in [-0.2, -0.15) is 0 Å². The van der Waals surface area contributed by atoms with Gasteiger partial charge >= 0.3 is 0 Å². The molecular weight excluding hydrogens is 255 g/mol. The molecule has 0 saturated carbocycles. The Labute approximate surface area is 118 Å². The third kappa shape index (κ3) is 2.59. The number of nitrogens with two attached hydrogens (primary N) is 1. The molecule has 2 rings (SSSR count). The molecule has 1 atom stereocenters. The first-order valence-corrected chi connectivity index (χ1v) is 6.74. The van der Waals surface area contributed by atoms with Crippen LogP contribution in [0.2, 0.25) is 0 Å². The number of aromatic nitrogens is 2. The lowest BCUT2D eigenvalue weighted by Gasteiger charge is -2.34. The molecule has 0 aliphatic carbocycles. The largest absolute Gasteiger partial charge is 0.334 e. The minimum Gasteiger partial charge on any atom is -0.334 e. The molecule has 1 aromatic carbocycles. The van der Waals surface area contributed by atoms with Gasteiger partial charge in [0.2, 0.25) is 0 Å². The van der Waals surface area contributed by atoms with Crippen molar-refractivity contribution in [1.29, 1.82) is 0 Å². The number of imidazole rings is 1. The fraction of sp³-hybridized carbons (Fsp3) is 0.400. The Kier molecular flexibility index (Phi) is 4.20. The molecule has 1 heterocycles. The number of nitrogens with zero attached hydrogens (tertiary/aromatic N) is 2. The molecule has 0 amide bonds. The molecule has 0 aliphatic rings. The number of benzene rings is 1. The highest BCUT2D eigenvalue weighted by Gasteiger charge is 2.34. The van der Waals surface area contributed by atoms with Gasteiger partial charge in [0.15, 0.2) is 0 Å². The van der Waals surface area contributed by atoms with E-state index in [0.717, 1.165) is 17.9 Å². The van der Waals surface area contributed by atoms with Gasteiger partial charge in [0.1, 0.15) is 11.6 Å². The van der Waals surface area contributed by atoms with E-state index in [-0.39, 0.29) is 17.3 Å². The molecule has 0 spiro atoms. The van der Waals surface area contributed by atoms with E-state index in [1.54, 1.807) is 18.3 Å². The van der Waals surface area contributed by atoms with Crippen LogP contribution in [0.5, 0.6) is 0 Å². The molecule has 0 aliphatic heterocycles. The number of aryl methyl sites for hydroxylation is 1. The van der Waals surface area contributed by atoms with Gasteiger partial charge < -0.3 is 4.57 Å². The van der Waals surface area contributed by atoms with Crippen molar-refractivity contribution in [1.82, 2.24) is 15.0 Å². The highest BCUT2D eigenvalue weighted by atomic mass is 19.1. The van der Waals surface area contributed by atoms with E-state index in [2.05, 4.69) is 35.7 Å². The lowest BCUT2D eigenvalue weighted by Crippen LogP contribution is -2.42. The Morgan fingerprint density at radius 3 is 2.55 bits per heavy atom. The molecule has 4 nitrogen and oxygen atoms in total. The van der Waals surface area contributed by atoms with Crippen molar-refractivity contribution in [3.63, 3.8) is 0 Å². The van der Waals surface area contributed by atoms with Crippen LogP contribution in [0.1, 0.15) is 38.2 Å². The van der Waals surface area contributed by atoms with Crippen molar-refractivity contribution < 1.29 is 4.39 Å². The summed E-state index contributed by atoms with van der Waals surface area (Å²) in [5.41, 5.74) is 3.54. The van der Waals surface area contributed by atoms with Gasteiger partial charge in [0.05, 0.1) is 6.04 Å². The Bertz CT molecular complexity index is 560. The van der Waals surface area contributed by atoms with Gasteiger partial charge in [-0.05, 0) is 24.6 Å². The predicted molar refractivity (Wildman–Crippen MR) is 77.4 cm³/mol. The number of halogens is 1. The summed E-state index contributed by atoms with van der Waals surface area (Å²) in [5.74, 6) is 6.40. The molecule has 20 heavy (non-hydrogen) atoms. The van der Waals surface area contributed by atoms with Crippen molar-refractivity contribution >= 4 is 0 Å². The van der Waals surface area contributed by atoms with Crippen molar-refractivity contribution in [3.05, 3.63) is 53.9 Å². The maximum atomic E-state index is 13.1. The summed E-state index contributed by atoms with van der Waals surface area (Å²) >= 11 is 0. The average molecular weight is 276 g/mol. The molecule has 0 saturated heterocycles. The molecule has 2 aromatic rings. The second-order valence-corrected chi connectivity index (χ2v) is 5.40. The number of hydrazine groups is 1. The summed E-state index contributed by atoms with van der Waals surface area (Å²) in [5, 5.41) is 0. The third-order valence-electron chi connectivity index (χ3n) is 3.82. The minimum absolute atomic E-state index is 0.164. The fourth-order valence-corrected chi connectivity index (χ4v) is 2.50. The zero-order valence-electron chi connectivity index (χ0n) is 12.1. The van der Waals surface area contributed by atoms with E-state index in [4.69, 9.17) is 5.84 Å².